The van der Waals surface area contributed by atoms with E-state index in [1.54, 1.807) is 7.11 Å². The molecule has 98 valence electrons. The van der Waals surface area contributed by atoms with Crippen LogP contribution in [0.25, 0.3) is 0 Å². The van der Waals surface area contributed by atoms with Crippen molar-refractivity contribution in [3.63, 3.8) is 0 Å². The first kappa shape index (κ1) is 12.8. The number of hydrogen-bond acceptors (Lipinski definition) is 3. The Morgan fingerprint density at radius 3 is 2.94 bits per heavy atom. The van der Waals surface area contributed by atoms with Crippen LogP contribution in [0.15, 0.2) is 0 Å². The number of likely N-dealkylation sites (tertiary alicyclic amines) is 1. The Balaban J connectivity index is 1.88. The van der Waals surface area contributed by atoms with Crippen molar-refractivity contribution in [2.45, 2.75) is 19.8 Å². The molecule has 17 heavy (non-hydrogen) atoms. The molecule has 0 aromatic carbocycles. The number of nitrogens with zero attached hydrogens (tertiary/aromatic N) is 1. The molecule has 0 saturated carbocycles. The summed E-state index contributed by atoms with van der Waals surface area (Å²) < 4.78 is 5.22. The highest BCUT2D eigenvalue weighted by molar-refractivity contribution is 5.79. The highest BCUT2D eigenvalue weighted by Gasteiger charge is 2.35. The molecule has 0 aliphatic carbocycles. The summed E-state index contributed by atoms with van der Waals surface area (Å²) in [4.78, 5) is 14.4. The monoisotopic (exact) mass is 240 g/mol. The second kappa shape index (κ2) is 5.83. The van der Waals surface area contributed by atoms with E-state index in [0.29, 0.717) is 17.7 Å². The van der Waals surface area contributed by atoms with Gasteiger partial charge < -0.3 is 15.0 Å². The van der Waals surface area contributed by atoms with Gasteiger partial charge in [0.2, 0.25) is 5.91 Å². The molecule has 0 bridgehead atoms. The lowest BCUT2D eigenvalue weighted by molar-refractivity contribution is -0.135. The molecule has 0 spiro atoms. The average Bonchev–Trinajstić information content (AvgIpc) is 2.72. The maximum atomic E-state index is 12.3. The van der Waals surface area contributed by atoms with Crippen LogP contribution in [0.1, 0.15) is 19.8 Å². The van der Waals surface area contributed by atoms with Crippen molar-refractivity contribution < 1.29 is 9.53 Å². The third-order valence-corrected chi connectivity index (χ3v) is 4.11. The molecule has 0 unspecified atom stereocenters. The Morgan fingerprint density at radius 1 is 1.47 bits per heavy atom. The van der Waals surface area contributed by atoms with E-state index in [0.717, 1.165) is 45.6 Å². The zero-order chi connectivity index (χ0) is 12.3. The topological polar surface area (TPSA) is 41.6 Å². The normalized spacial score (nSPS) is 34.0. The molecule has 3 atom stereocenters. The fourth-order valence-corrected chi connectivity index (χ4v) is 2.97. The second-order valence-corrected chi connectivity index (χ2v) is 5.48. The zero-order valence-corrected chi connectivity index (χ0v) is 10.9. The Hall–Kier alpha value is -0.610. The van der Waals surface area contributed by atoms with Crippen molar-refractivity contribution in [1.29, 1.82) is 0 Å². The van der Waals surface area contributed by atoms with Crippen LogP contribution >= 0.6 is 0 Å². The fraction of sp³-hybridized carbons (Fsp3) is 0.923. The minimum absolute atomic E-state index is 0.206. The predicted molar refractivity (Wildman–Crippen MR) is 66.7 cm³/mol. The first-order valence-corrected chi connectivity index (χ1v) is 6.70. The van der Waals surface area contributed by atoms with E-state index in [4.69, 9.17) is 4.74 Å². The largest absolute Gasteiger partial charge is 0.384 e. The van der Waals surface area contributed by atoms with Gasteiger partial charge >= 0.3 is 0 Å². The van der Waals surface area contributed by atoms with Crippen LogP contribution in [0, 0.1) is 17.8 Å². The Bertz CT molecular complexity index is 264. The summed E-state index contributed by atoms with van der Waals surface area (Å²) in [7, 11) is 1.74. The van der Waals surface area contributed by atoms with Crippen LogP contribution in [0.5, 0.6) is 0 Å². The smallest absolute Gasteiger partial charge is 0.226 e. The zero-order valence-electron chi connectivity index (χ0n) is 10.9. The van der Waals surface area contributed by atoms with E-state index >= 15 is 0 Å². The van der Waals surface area contributed by atoms with Crippen LogP contribution in [-0.2, 0) is 9.53 Å². The summed E-state index contributed by atoms with van der Waals surface area (Å²) in [6.07, 6.45) is 2.17. The van der Waals surface area contributed by atoms with Gasteiger partial charge in [0, 0.05) is 32.7 Å². The molecule has 2 heterocycles. The first-order chi connectivity index (χ1) is 8.22. The minimum atomic E-state index is 0.206. The SMILES string of the molecule is COC[C@@H]1CN(C(=O)[C@@H]2CCCNC2)C[C@H]1C. The summed E-state index contributed by atoms with van der Waals surface area (Å²) >= 11 is 0. The summed E-state index contributed by atoms with van der Waals surface area (Å²) in [6.45, 7) is 6.70. The standard InChI is InChI=1S/C13H24N2O2/c1-10-7-15(8-12(10)9-17-2)13(16)11-4-3-5-14-6-11/h10-12,14H,3-9H2,1-2H3/t10-,11-,12+/m1/s1. The number of carbonyl (C=O) groups is 1. The third kappa shape index (κ3) is 2.99. The van der Waals surface area contributed by atoms with Crippen LogP contribution in [0.2, 0.25) is 0 Å². The highest BCUT2D eigenvalue weighted by Crippen LogP contribution is 2.25. The van der Waals surface area contributed by atoms with Gasteiger partial charge in [-0.25, -0.2) is 0 Å². The number of amides is 1. The number of methoxy groups -OCH3 is 1. The molecule has 4 nitrogen and oxygen atoms in total. The van der Waals surface area contributed by atoms with Gasteiger partial charge in [0.25, 0.3) is 0 Å². The number of hydrogen-bond donors (Lipinski definition) is 1. The van der Waals surface area contributed by atoms with Crippen molar-refractivity contribution in [3.8, 4) is 0 Å². The molecule has 1 N–H and O–H groups in total. The number of piperidine rings is 1. The van der Waals surface area contributed by atoms with Gasteiger partial charge in [-0.1, -0.05) is 6.92 Å². The van der Waals surface area contributed by atoms with Gasteiger partial charge in [0.1, 0.15) is 0 Å². The summed E-state index contributed by atoms with van der Waals surface area (Å²) in [5.74, 6) is 1.64. The molecule has 4 heteroatoms. The molecule has 2 aliphatic rings. The maximum Gasteiger partial charge on any atom is 0.226 e. The fourth-order valence-electron chi connectivity index (χ4n) is 2.97. The van der Waals surface area contributed by atoms with Crippen LogP contribution in [-0.4, -0.2) is 50.7 Å². The molecule has 2 aliphatic heterocycles. The van der Waals surface area contributed by atoms with E-state index < -0.39 is 0 Å². The van der Waals surface area contributed by atoms with Crippen molar-refractivity contribution >= 4 is 5.91 Å². The highest BCUT2D eigenvalue weighted by atomic mass is 16.5. The molecular formula is C13H24N2O2. The first-order valence-electron chi connectivity index (χ1n) is 6.70. The summed E-state index contributed by atoms with van der Waals surface area (Å²) in [5, 5.41) is 3.31. The maximum absolute atomic E-state index is 12.3. The Morgan fingerprint density at radius 2 is 2.29 bits per heavy atom. The summed E-state index contributed by atoms with van der Waals surface area (Å²) in [5.41, 5.74) is 0. The second-order valence-electron chi connectivity index (χ2n) is 5.48. The number of carbonyl (C=O) groups excluding carboxylic acids is 1. The lowest BCUT2D eigenvalue weighted by Gasteiger charge is -2.26. The number of rotatable bonds is 3. The molecule has 1 amide bonds. The van der Waals surface area contributed by atoms with Gasteiger partial charge in [-0.2, -0.15) is 0 Å². The Labute approximate surface area is 104 Å². The van der Waals surface area contributed by atoms with E-state index in [2.05, 4.69) is 12.2 Å². The molecule has 2 saturated heterocycles. The van der Waals surface area contributed by atoms with E-state index in [9.17, 15) is 4.79 Å². The minimum Gasteiger partial charge on any atom is -0.384 e. The van der Waals surface area contributed by atoms with E-state index in [-0.39, 0.29) is 5.92 Å². The lowest BCUT2D eigenvalue weighted by atomic mass is 9.98. The van der Waals surface area contributed by atoms with Gasteiger partial charge in [-0.05, 0) is 25.3 Å². The molecule has 0 aromatic heterocycles. The molecule has 0 aromatic rings. The quantitative estimate of drug-likeness (QED) is 0.790. The third-order valence-electron chi connectivity index (χ3n) is 4.11. The van der Waals surface area contributed by atoms with Crippen LogP contribution in [0.3, 0.4) is 0 Å². The number of nitrogens with one attached hydrogen (secondary N) is 1. The van der Waals surface area contributed by atoms with Crippen LogP contribution < -0.4 is 5.32 Å². The van der Waals surface area contributed by atoms with E-state index in [1.165, 1.54) is 0 Å². The van der Waals surface area contributed by atoms with Gasteiger partial charge in [0.15, 0.2) is 0 Å². The van der Waals surface area contributed by atoms with Gasteiger partial charge in [-0.3, -0.25) is 4.79 Å². The van der Waals surface area contributed by atoms with Gasteiger partial charge in [-0.15, -0.1) is 0 Å². The Kier molecular flexibility index (Phi) is 4.40. The predicted octanol–water partition coefficient (Wildman–Crippen LogP) is 0.727. The van der Waals surface area contributed by atoms with E-state index in [1.807, 2.05) is 4.90 Å². The van der Waals surface area contributed by atoms with Crippen molar-refractivity contribution in [1.82, 2.24) is 10.2 Å². The van der Waals surface area contributed by atoms with Gasteiger partial charge in [0.05, 0.1) is 12.5 Å². The summed E-state index contributed by atoms with van der Waals surface area (Å²) in [6, 6.07) is 0. The molecule has 2 fully saturated rings. The number of ether oxygens (including phenoxy) is 1. The molecular weight excluding hydrogens is 216 g/mol. The van der Waals surface area contributed by atoms with Crippen molar-refractivity contribution in [2.24, 2.45) is 17.8 Å². The molecule has 2 rings (SSSR count). The van der Waals surface area contributed by atoms with Crippen molar-refractivity contribution in [3.05, 3.63) is 0 Å². The van der Waals surface area contributed by atoms with Crippen molar-refractivity contribution in [2.75, 3.05) is 39.9 Å². The molecule has 0 radical (unpaired) electrons. The lowest BCUT2D eigenvalue weighted by Crippen LogP contribution is -2.42. The van der Waals surface area contributed by atoms with Crippen LogP contribution in [0.4, 0.5) is 0 Å². The average molecular weight is 240 g/mol.